The summed E-state index contributed by atoms with van der Waals surface area (Å²) in [6.07, 6.45) is 9.38. The van der Waals surface area contributed by atoms with Crippen molar-refractivity contribution in [2.75, 3.05) is 6.54 Å². The highest BCUT2D eigenvalue weighted by atomic mass is 16.2. The number of carbonyl (C=O) groups excluding carboxylic acids is 2. The molecule has 1 unspecified atom stereocenters. The van der Waals surface area contributed by atoms with Crippen molar-refractivity contribution in [3.63, 3.8) is 0 Å². The highest BCUT2D eigenvalue weighted by Gasteiger charge is 2.30. The van der Waals surface area contributed by atoms with E-state index >= 15 is 0 Å². The second-order valence-corrected chi connectivity index (χ2v) is 3.71. The molecule has 3 heteroatoms. The van der Waals surface area contributed by atoms with Gasteiger partial charge in [-0.3, -0.25) is 4.79 Å². The van der Waals surface area contributed by atoms with Gasteiger partial charge < -0.3 is 9.69 Å². The molecule has 1 saturated heterocycles. The molecular formula is C11H13NO2. The average molecular weight is 191 g/mol. The molecule has 0 N–H and O–H groups in total. The van der Waals surface area contributed by atoms with Crippen LogP contribution >= 0.6 is 0 Å². The fourth-order valence-electron chi connectivity index (χ4n) is 1.88. The van der Waals surface area contributed by atoms with Crippen LogP contribution in [0.2, 0.25) is 0 Å². The van der Waals surface area contributed by atoms with E-state index in [0.29, 0.717) is 13.0 Å². The highest BCUT2D eigenvalue weighted by Crippen LogP contribution is 2.23. The van der Waals surface area contributed by atoms with Crippen LogP contribution in [0.15, 0.2) is 23.9 Å². The van der Waals surface area contributed by atoms with Gasteiger partial charge >= 0.3 is 0 Å². The van der Waals surface area contributed by atoms with Gasteiger partial charge in [-0.25, -0.2) is 0 Å². The van der Waals surface area contributed by atoms with Crippen LogP contribution in [0.25, 0.3) is 0 Å². The number of aldehydes is 1. The van der Waals surface area contributed by atoms with Crippen LogP contribution in [0.5, 0.6) is 0 Å². The van der Waals surface area contributed by atoms with Gasteiger partial charge in [-0.2, -0.15) is 0 Å². The van der Waals surface area contributed by atoms with Crippen molar-refractivity contribution in [1.82, 2.24) is 4.90 Å². The summed E-state index contributed by atoms with van der Waals surface area (Å²) in [4.78, 5) is 23.8. The molecule has 2 rings (SSSR count). The number of hydrogen-bond acceptors (Lipinski definition) is 2. The molecule has 0 aromatic carbocycles. The lowest BCUT2D eigenvalue weighted by Gasteiger charge is -2.19. The second-order valence-electron chi connectivity index (χ2n) is 3.71. The third-order valence-corrected chi connectivity index (χ3v) is 2.63. The molecule has 1 fully saturated rings. The Bertz CT molecular complexity index is 317. The Morgan fingerprint density at radius 1 is 1.43 bits per heavy atom. The van der Waals surface area contributed by atoms with Crippen molar-refractivity contribution in [1.29, 1.82) is 0 Å². The molecule has 2 aliphatic rings. The zero-order valence-corrected chi connectivity index (χ0v) is 7.98. The van der Waals surface area contributed by atoms with Gasteiger partial charge in [0.25, 0.3) is 0 Å². The van der Waals surface area contributed by atoms with E-state index in [2.05, 4.69) is 12.2 Å². The van der Waals surface area contributed by atoms with Crippen LogP contribution < -0.4 is 0 Å². The summed E-state index contributed by atoms with van der Waals surface area (Å²) in [6, 6.07) is 0. The minimum atomic E-state index is -0.112. The molecule has 0 radical (unpaired) electrons. The van der Waals surface area contributed by atoms with Crippen LogP contribution in [0, 0.1) is 5.92 Å². The Morgan fingerprint density at radius 3 is 2.86 bits per heavy atom. The Kier molecular flexibility index (Phi) is 2.48. The number of nitrogens with zero attached hydrogens (tertiary/aromatic N) is 1. The number of allylic oxidation sites excluding steroid dienone is 3. The van der Waals surface area contributed by atoms with Crippen LogP contribution in [-0.2, 0) is 9.59 Å². The SMILES string of the molecule is O=CC1CC(=O)N(C2=CCCC=C2)C1. The predicted molar refractivity (Wildman–Crippen MR) is 52.3 cm³/mol. The zero-order chi connectivity index (χ0) is 9.97. The number of amides is 1. The molecular weight excluding hydrogens is 178 g/mol. The largest absolute Gasteiger partial charge is 0.312 e. The number of hydrogen-bond donors (Lipinski definition) is 0. The Morgan fingerprint density at radius 2 is 2.29 bits per heavy atom. The summed E-state index contributed by atoms with van der Waals surface area (Å²) in [5.74, 6) is -0.0429. The fraction of sp³-hybridized carbons (Fsp3) is 0.455. The molecule has 74 valence electrons. The van der Waals surface area contributed by atoms with Crippen molar-refractivity contribution in [3.8, 4) is 0 Å². The molecule has 3 nitrogen and oxygen atoms in total. The maximum Gasteiger partial charge on any atom is 0.227 e. The van der Waals surface area contributed by atoms with E-state index in [1.807, 2.05) is 6.08 Å². The van der Waals surface area contributed by atoms with E-state index in [1.165, 1.54) is 0 Å². The van der Waals surface area contributed by atoms with E-state index in [-0.39, 0.29) is 11.8 Å². The van der Waals surface area contributed by atoms with Crippen molar-refractivity contribution >= 4 is 12.2 Å². The lowest BCUT2D eigenvalue weighted by molar-refractivity contribution is -0.126. The summed E-state index contributed by atoms with van der Waals surface area (Å²) >= 11 is 0. The van der Waals surface area contributed by atoms with Gasteiger partial charge in [0, 0.05) is 24.6 Å². The van der Waals surface area contributed by atoms with Crippen LogP contribution in [-0.4, -0.2) is 23.6 Å². The van der Waals surface area contributed by atoms with Gasteiger partial charge in [-0.15, -0.1) is 0 Å². The smallest absolute Gasteiger partial charge is 0.227 e. The highest BCUT2D eigenvalue weighted by molar-refractivity contribution is 5.84. The number of likely N-dealkylation sites (tertiary alicyclic amines) is 1. The lowest BCUT2D eigenvalue weighted by atomic mass is 10.1. The van der Waals surface area contributed by atoms with Crippen LogP contribution in [0.3, 0.4) is 0 Å². The Balaban J connectivity index is 2.11. The summed E-state index contributed by atoms with van der Waals surface area (Å²) in [5, 5.41) is 0. The first-order valence-electron chi connectivity index (χ1n) is 4.93. The Labute approximate surface area is 83.1 Å². The van der Waals surface area contributed by atoms with Gasteiger partial charge in [0.15, 0.2) is 0 Å². The Hall–Kier alpha value is -1.38. The minimum absolute atomic E-state index is 0.0694. The summed E-state index contributed by atoms with van der Waals surface area (Å²) < 4.78 is 0. The molecule has 0 spiro atoms. The van der Waals surface area contributed by atoms with Crippen LogP contribution in [0.1, 0.15) is 19.3 Å². The van der Waals surface area contributed by atoms with Gasteiger partial charge in [-0.1, -0.05) is 12.2 Å². The van der Waals surface area contributed by atoms with Crippen molar-refractivity contribution in [2.24, 2.45) is 5.92 Å². The second kappa shape index (κ2) is 3.78. The zero-order valence-electron chi connectivity index (χ0n) is 7.98. The number of rotatable bonds is 2. The first kappa shape index (κ1) is 9.19. The fourth-order valence-corrected chi connectivity index (χ4v) is 1.88. The van der Waals surface area contributed by atoms with E-state index in [4.69, 9.17) is 0 Å². The van der Waals surface area contributed by atoms with E-state index in [1.54, 1.807) is 4.90 Å². The number of carbonyl (C=O) groups is 2. The molecule has 0 bridgehead atoms. The van der Waals surface area contributed by atoms with E-state index in [9.17, 15) is 9.59 Å². The van der Waals surface area contributed by atoms with Crippen molar-refractivity contribution < 1.29 is 9.59 Å². The first-order valence-corrected chi connectivity index (χ1v) is 4.93. The van der Waals surface area contributed by atoms with Gasteiger partial charge in [0.05, 0.1) is 0 Å². The topological polar surface area (TPSA) is 37.4 Å². The van der Waals surface area contributed by atoms with Crippen molar-refractivity contribution in [3.05, 3.63) is 23.9 Å². The molecule has 0 aromatic rings. The van der Waals surface area contributed by atoms with Crippen molar-refractivity contribution in [2.45, 2.75) is 19.3 Å². The molecule has 1 amide bonds. The molecule has 1 atom stereocenters. The molecule has 14 heavy (non-hydrogen) atoms. The quantitative estimate of drug-likeness (QED) is 0.616. The molecule has 0 saturated carbocycles. The minimum Gasteiger partial charge on any atom is -0.312 e. The van der Waals surface area contributed by atoms with E-state index < -0.39 is 0 Å². The average Bonchev–Trinajstić information content (AvgIpc) is 2.61. The van der Waals surface area contributed by atoms with Crippen LogP contribution in [0.4, 0.5) is 0 Å². The standard InChI is InChI=1S/C11H13NO2/c13-8-9-6-11(14)12(7-9)10-4-2-1-3-5-10/h2,4-5,8-9H,1,3,6-7H2. The maximum atomic E-state index is 11.5. The third-order valence-electron chi connectivity index (χ3n) is 2.63. The summed E-state index contributed by atoms with van der Waals surface area (Å²) in [7, 11) is 0. The summed E-state index contributed by atoms with van der Waals surface area (Å²) in [6.45, 7) is 0.554. The lowest BCUT2D eigenvalue weighted by Crippen LogP contribution is -2.24. The predicted octanol–water partition coefficient (Wildman–Crippen LogP) is 1.27. The monoisotopic (exact) mass is 191 g/mol. The maximum absolute atomic E-state index is 11.5. The molecule has 1 aliphatic heterocycles. The molecule has 1 heterocycles. The molecule has 0 aromatic heterocycles. The van der Waals surface area contributed by atoms with Gasteiger partial charge in [-0.05, 0) is 18.9 Å². The van der Waals surface area contributed by atoms with Gasteiger partial charge in [0.2, 0.25) is 5.91 Å². The summed E-state index contributed by atoms with van der Waals surface area (Å²) in [5.41, 5.74) is 0.964. The molecule has 1 aliphatic carbocycles. The third kappa shape index (κ3) is 1.62. The van der Waals surface area contributed by atoms with Gasteiger partial charge in [0.1, 0.15) is 6.29 Å². The van der Waals surface area contributed by atoms with E-state index in [0.717, 1.165) is 24.8 Å². The first-order chi connectivity index (χ1) is 6.81. The normalized spacial score (nSPS) is 26.6.